The number of halogens is 8. The molecular formula is C53H50F8O2. The van der Waals surface area contributed by atoms with Crippen molar-refractivity contribution in [1.82, 2.24) is 0 Å². The molecule has 330 valence electrons. The average Bonchev–Trinajstić information content (AvgIpc) is 3.58. The van der Waals surface area contributed by atoms with Gasteiger partial charge in [0.1, 0.15) is 11.5 Å². The van der Waals surface area contributed by atoms with Crippen LogP contribution in [0.5, 0.6) is 11.5 Å². The molecule has 0 aliphatic heterocycles. The summed E-state index contributed by atoms with van der Waals surface area (Å²) < 4.78 is 139. The predicted octanol–water partition coefficient (Wildman–Crippen LogP) is 16.5. The summed E-state index contributed by atoms with van der Waals surface area (Å²) in [6, 6.07) is 33.4. The second kappa shape index (κ2) is 17.9. The Kier molecular flexibility index (Phi) is 12.9. The number of fused-ring (bicyclic) bond motifs is 3. The van der Waals surface area contributed by atoms with Gasteiger partial charge < -0.3 is 10.2 Å². The van der Waals surface area contributed by atoms with E-state index >= 15 is 35.1 Å². The summed E-state index contributed by atoms with van der Waals surface area (Å²) in [4.78, 5) is 0. The second-order valence-corrected chi connectivity index (χ2v) is 16.7. The molecule has 1 aliphatic carbocycles. The summed E-state index contributed by atoms with van der Waals surface area (Å²) in [7, 11) is 0. The first kappa shape index (κ1) is 45.4. The highest BCUT2D eigenvalue weighted by molar-refractivity contribution is 5.88. The van der Waals surface area contributed by atoms with E-state index in [1.807, 2.05) is 0 Å². The van der Waals surface area contributed by atoms with Gasteiger partial charge in [-0.3, -0.25) is 0 Å². The molecule has 0 bridgehead atoms. The van der Waals surface area contributed by atoms with Crippen molar-refractivity contribution in [2.75, 3.05) is 0 Å². The molecule has 6 aromatic carbocycles. The molecule has 0 fully saturated rings. The Balaban J connectivity index is 1.45. The third-order valence-corrected chi connectivity index (χ3v) is 12.5. The molecule has 0 spiro atoms. The highest BCUT2D eigenvalue weighted by atomic mass is 19.3. The maximum atomic E-state index is 17.9. The van der Waals surface area contributed by atoms with E-state index in [9.17, 15) is 10.2 Å². The van der Waals surface area contributed by atoms with Gasteiger partial charge in [0.05, 0.1) is 0 Å². The fraction of sp³-hybridized carbons (Fsp3) is 0.321. The number of benzene rings is 6. The van der Waals surface area contributed by atoms with Gasteiger partial charge in [0.15, 0.2) is 5.41 Å². The van der Waals surface area contributed by atoms with Crippen molar-refractivity contribution in [2.45, 2.75) is 107 Å². The number of hydrogen-bond donors (Lipinski definition) is 2. The van der Waals surface area contributed by atoms with Crippen LogP contribution in [0.3, 0.4) is 0 Å². The van der Waals surface area contributed by atoms with Crippen LogP contribution in [0.1, 0.15) is 89.2 Å². The lowest BCUT2D eigenvalue weighted by molar-refractivity contribution is -0.324. The smallest absolute Gasteiger partial charge is 0.329 e. The molecule has 0 radical (unpaired) electrons. The maximum Gasteiger partial charge on any atom is 0.329 e. The zero-order valence-corrected chi connectivity index (χ0v) is 35.2. The number of alkyl halides is 8. The number of unbranched alkanes of at least 4 members (excludes halogenated alkanes) is 6. The Morgan fingerprint density at radius 1 is 0.365 bits per heavy atom. The normalized spacial score (nSPS) is 13.8. The zero-order chi connectivity index (χ0) is 45.2. The summed E-state index contributed by atoms with van der Waals surface area (Å²) >= 11 is 0. The molecule has 63 heavy (non-hydrogen) atoms. The minimum absolute atomic E-state index is 0.0558. The number of phenols is 2. The molecule has 1 aliphatic rings. The van der Waals surface area contributed by atoms with Gasteiger partial charge in [-0.1, -0.05) is 149 Å². The van der Waals surface area contributed by atoms with Crippen LogP contribution in [0.15, 0.2) is 133 Å². The highest BCUT2D eigenvalue weighted by Crippen LogP contribution is 2.70. The molecule has 0 aromatic heterocycles. The molecule has 0 saturated heterocycles. The topological polar surface area (TPSA) is 40.5 Å². The van der Waals surface area contributed by atoms with E-state index in [0.29, 0.717) is 47.9 Å². The lowest BCUT2D eigenvalue weighted by Gasteiger charge is -2.49. The van der Waals surface area contributed by atoms with Crippen LogP contribution in [0.25, 0.3) is 55.6 Å². The van der Waals surface area contributed by atoms with Gasteiger partial charge in [0, 0.05) is 12.8 Å². The molecular weight excluding hydrogens is 821 g/mol. The highest BCUT2D eigenvalue weighted by Gasteiger charge is 2.84. The van der Waals surface area contributed by atoms with Crippen LogP contribution in [-0.2, 0) is 5.41 Å². The first-order chi connectivity index (χ1) is 30.0. The molecule has 0 heterocycles. The van der Waals surface area contributed by atoms with Gasteiger partial charge in [0.25, 0.3) is 0 Å². The third-order valence-electron chi connectivity index (χ3n) is 12.5. The Morgan fingerprint density at radius 2 is 0.635 bits per heavy atom. The quantitative estimate of drug-likeness (QED) is 0.0667. The molecule has 0 atom stereocenters. The molecule has 2 N–H and O–H groups in total. The van der Waals surface area contributed by atoms with Gasteiger partial charge in [-0.2, -0.15) is 35.1 Å². The van der Waals surface area contributed by atoms with E-state index in [1.165, 1.54) is 48.5 Å². The van der Waals surface area contributed by atoms with Crippen LogP contribution < -0.4 is 0 Å². The van der Waals surface area contributed by atoms with Crippen molar-refractivity contribution in [3.63, 3.8) is 0 Å². The van der Waals surface area contributed by atoms with Crippen molar-refractivity contribution in [1.29, 1.82) is 0 Å². The first-order valence-corrected chi connectivity index (χ1v) is 21.6. The predicted molar refractivity (Wildman–Crippen MR) is 235 cm³/mol. The largest absolute Gasteiger partial charge is 0.508 e. The summed E-state index contributed by atoms with van der Waals surface area (Å²) in [5, 5.41) is 19.5. The van der Waals surface area contributed by atoms with Gasteiger partial charge >= 0.3 is 23.7 Å². The number of hydrogen-bond acceptors (Lipinski definition) is 2. The number of phenolic OH excluding ortho intramolecular Hbond substituents is 2. The van der Waals surface area contributed by atoms with E-state index in [0.717, 1.165) is 23.3 Å². The van der Waals surface area contributed by atoms with Crippen molar-refractivity contribution in [3.8, 4) is 67.1 Å². The van der Waals surface area contributed by atoms with Crippen LogP contribution in [-0.4, -0.2) is 33.9 Å². The number of rotatable bonds is 18. The first-order valence-electron chi connectivity index (χ1n) is 21.6. The van der Waals surface area contributed by atoms with E-state index in [-0.39, 0.29) is 46.6 Å². The lowest BCUT2D eigenvalue weighted by atomic mass is 9.63. The van der Waals surface area contributed by atoms with Crippen molar-refractivity contribution in [2.24, 2.45) is 0 Å². The van der Waals surface area contributed by atoms with Crippen molar-refractivity contribution in [3.05, 3.63) is 145 Å². The Labute approximate surface area is 363 Å². The van der Waals surface area contributed by atoms with E-state index in [4.69, 9.17) is 0 Å². The SMILES string of the molecule is CCCCCCC(F)(F)C(F)(F)C1(C(F)(F)C(F)(F)CCCCCC)c2cc(-c3ccc(-c4ccc(O)cc4)cc3)ccc2-c2ccc(-c3ccc(-c4ccc(O)cc4)cc3)cc21. The van der Waals surface area contributed by atoms with E-state index in [1.54, 1.807) is 86.6 Å². The lowest BCUT2D eigenvalue weighted by Crippen LogP contribution is -2.69. The van der Waals surface area contributed by atoms with Crippen molar-refractivity contribution < 1.29 is 45.3 Å². The minimum Gasteiger partial charge on any atom is -0.508 e. The Hall–Kier alpha value is -5.64. The van der Waals surface area contributed by atoms with Crippen LogP contribution in [0, 0.1) is 0 Å². The van der Waals surface area contributed by atoms with Gasteiger partial charge in [0.2, 0.25) is 0 Å². The Morgan fingerprint density at radius 3 is 0.937 bits per heavy atom. The summed E-state index contributed by atoms with van der Waals surface area (Å²) in [5.41, 5.74) is -3.27. The fourth-order valence-electron chi connectivity index (χ4n) is 8.98. The minimum atomic E-state index is -5.74. The van der Waals surface area contributed by atoms with E-state index in [2.05, 4.69) is 0 Å². The van der Waals surface area contributed by atoms with Gasteiger partial charge in [-0.15, -0.1) is 0 Å². The molecule has 0 unspecified atom stereocenters. The Bertz CT molecular complexity index is 2320. The summed E-state index contributed by atoms with van der Waals surface area (Å²) in [6.07, 6.45) is -1.51. The van der Waals surface area contributed by atoms with Crippen LogP contribution >= 0.6 is 0 Å². The zero-order valence-electron chi connectivity index (χ0n) is 35.2. The van der Waals surface area contributed by atoms with E-state index < -0.39 is 65.9 Å². The van der Waals surface area contributed by atoms with Gasteiger partial charge in [-0.05, 0) is 116 Å². The van der Waals surface area contributed by atoms with Crippen LogP contribution in [0.4, 0.5) is 35.1 Å². The molecule has 0 saturated carbocycles. The molecule has 2 nitrogen and oxygen atoms in total. The molecule has 10 heteroatoms. The summed E-state index contributed by atoms with van der Waals surface area (Å²) in [5.74, 6) is -21.7. The van der Waals surface area contributed by atoms with Crippen molar-refractivity contribution >= 4 is 0 Å². The second-order valence-electron chi connectivity index (χ2n) is 16.7. The monoisotopic (exact) mass is 870 g/mol. The molecule has 0 amide bonds. The maximum absolute atomic E-state index is 17.9. The van der Waals surface area contributed by atoms with Crippen LogP contribution in [0.2, 0.25) is 0 Å². The fourth-order valence-corrected chi connectivity index (χ4v) is 8.98. The third kappa shape index (κ3) is 8.22. The average molecular weight is 871 g/mol. The molecule has 7 rings (SSSR count). The van der Waals surface area contributed by atoms with Gasteiger partial charge in [-0.25, -0.2) is 0 Å². The standard InChI is InChI=1S/C53H50F8O2/c1-3-5-7-9-31-49(54,55)52(58,59)51(53(60,61)50(56,57)32-10-8-6-4-2)47-33-41(39-15-11-35(12-16-39)37-19-25-43(62)26-20-37)23-29-45(47)46-30-24-42(34-48(46)51)40-17-13-36(14-18-40)38-21-27-44(63)28-22-38/h11-30,33-34,62-63H,3-10,31-32H2,1-2H3. The molecule has 6 aromatic rings. The summed E-state index contributed by atoms with van der Waals surface area (Å²) in [6.45, 7) is 3.60. The number of aromatic hydroxyl groups is 2.